The molecule has 0 saturated heterocycles. The average Bonchev–Trinajstić information content (AvgIpc) is 3.22. The highest BCUT2D eigenvalue weighted by Crippen LogP contribution is 2.38. The van der Waals surface area contributed by atoms with Crippen LogP contribution in [0, 0.1) is 5.92 Å². The van der Waals surface area contributed by atoms with Crippen LogP contribution in [0.5, 0.6) is 5.75 Å². The molecule has 1 saturated carbocycles. The monoisotopic (exact) mass is 276 g/mol. The van der Waals surface area contributed by atoms with Crippen molar-refractivity contribution in [3.05, 3.63) is 29.8 Å². The quantitative estimate of drug-likeness (QED) is 0.743. The van der Waals surface area contributed by atoms with E-state index in [9.17, 15) is 9.90 Å². The first kappa shape index (κ1) is 14.9. The Morgan fingerprint density at radius 3 is 2.60 bits per heavy atom. The topological polar surface area (TPSA) is 75.3 Å². The van der Waals surface area contributed by atoms with Gasteiger partial charge in [0.25, 0.3) is 0 Å². The van der Waals surface area contributed by atoms with E-state index < -0.39 is 5.54 Å². The number of nitrogens with two attached hydrogens (primary N) is 1. The van der Waals surface area contributed by atoms with Crippen molar-refractivity contribution in [1.82, 2.24) is 5.32 Å². The maximum Gasteiger partial charge on any atom is 0.240 e. The number of hydrogen-bond donors (Lipinski definition) is 3. The number of aromatic hydroxyl groups is 1. The smallest absolute Gasteiger partial charge is 0.240 e. The third-order valence-corrected chi connectivity index (χ3v) is 4.09. The highest BCUT2D eigenvalue weighted by atomic mass is 16.3. The average molecular weight is 276 g/mol. The minimum Gasteiger partial charge on any atom is -0.508 e. The summed E-state index contributed by atoms with van der Waals surface area (Å²) in [7, 11) is 0. The number of amides is 1. The summed E-state index contributed by atoms with van der Waals surface area (Å²) >= 11 is 0. The lowest BCUT2D eigenvalue weighted by molar-refractivity contribution is -0.127. The fourth-order valence-corrected chi connectivity index (χ4v) is 2.37. The molecule has 110 valence electrons. The maximum atomic E-state index is 12.1. The van der Waals surface area contributed by atoms with Gasteiger partial charge in [-0.1, -0.05) is 12.1 Å². The molecular formula is C16H24N2O2. The van der Waals surface area contributed by atoms with Crippen molar-refractivity contribution >= 4 is 5.91 Å². The minimum absolute atomic E-state index is 0.0433. The lowest BCUT2D eigenvalue weighted by Crippen LogP contribution is -2.55. The van der Waals surface area contributed by atoms with Gasteiger partial charge in [0.05, 0.1) is 5.54 Å². The van der Waals surface area contributed by atoms with Gasteiger partial charge in [0.1, 0.15) is 5.75 Å². The fourth-order valence-electron chi connectivity index (χ4n) is 2.37. The summed E-state index contributed by atoms with van der Waals surface area (Å²) in [5.74, 6) is 0.573. The van der Waals surface area contributed by atoms with E-state index >= 15 is 0 Å². The van der Waals surface area contributed by atoms with Crippen LogP contribution >= 0.6 is 0 Å². The van der Waals surface area contributed by atoms with Crippen LogP contribution in [0.25, 0.3) is 0 Å². The Morgan fingerprint density at radius 2 is 2.05 bits per heavy atom. The summed E-state index contributed by atoms with van der Waals surface area (Å²) in [5.41, 5.74) is 6.52. The van der Waals surface area contributed by atoms with Gasteiger partial charge in [0.2, 0.25) is 5.91 Å². The van der Waals surface area contributed by atoms with E-state index in [0.717, 1.165) is 31.2 Å². The SMILES string of the molecule is CC(CCc1ccc(O)cc1)NC(=O)C(C)(N)C1CC1. The summed E-state index contributed by atoms with van der Waals surface area (Å²) in [6.45, 7) is 3.83. The van der Waals surface area contributed by atoms with Crippen LogP contribution in [0.3, 0.4) is 0 Å². The molecule has 2 rings (SSSR count). The molecule has 2 unspecified atom stereocenters. The normalized spacial score (nSPS) is 19.1. The van der Waals surface area contributed by atoms with E-state index in [1.165, 1.54) is 0 Å². The molecule has 1 aromatic rings. The van der Waals surface area contributed by atoms with Crippen molar-refractivity contribution < 1.29 is 9.90 Å². The molecular weight excluding hydrogens is 252 g/mol. The van der Waals surface area contributed by atoms with Gasteiger partial charge in [-0.25, -0.2) is 0 Å². The third-order valence-electron chi connectivity index (χ3n) is 4.09. The lowest BCUT2D eigenvalue weighted by Gasteiger charge is -2.25. The van der Waals surface area contributed by atoms with Crippen LogP contribution in [0.1, 0.15) is 38.7 Å². The number of hydrogen-bond acceptors (Lipinski definition) is 3. The van der Waals surface area contributed by atoms with E-state index in [2.05, 4.69) is 5.32 Å². The number of nitrogens with one attached hydrogen (secondary N) is 1. The second-order valence-electron chi connectivity index (χ2n) is 6.14. The second-order valence-corrected chi connectivity index (χ2v) is 6.14. The molecule has 0 aromatic heterocycles. The van der Waals surface area contributed by atoms with Crippen molar-refractivity contribution in [3.63, 3.8) is 0 Å². The molecule has 4 nitrogen and oxygen atoms in total. The Bertz CT molecular complexity index is 464. The van der Waals surface area contributed by atoms with Crippen molar-refractivity contribution in [2.24, 2.45) is 11.7 Å². The van der Waals surface area contributed by atoms with E-state index in [1.54, 1.807) is 12.1 Å². The predicted molar refractivity (Wildman–Crippen MR) is 79.3 cm³/mol. The molecule has 2 atom stereocenters. The number of carbonyl (C=O) groups is 1. The molecule has 0 radical (unpaired) electrons. The molecule has 0 bridgehead atoms. The third kappa shape index (κ3) is 3.73. The number of phenols is 1. The van der Waals surface area contributed by atoms with E-state index in [1.807, 2.05) is 26.0 Å². The standard InChI is InChI=1S/C16H24N2O2/c1-11(3-4-12-5-9-14(19)10-6-12)18-15(20)16(2,17)13-7-8-13/h5-6,9-11,13,19H,3-4,7-8,17H2,1-2H3,(H,18,20). The number of carbonyl (C=O) groups excluding carboxylic acids is 1. The number of benzene rings is 1. The summed E-state index contributed by atoms with van der Waals surface area (Å²) in [6, 6.07) is 7.27. The van der Waals surface area contributed by atoms with E-state index in [4.69, 9.17) is 5.73 Å². The van der Waals surface area contributed by atoms with Crippen molar-refractivity contribution in [2.75, 3.05) is 0 Å². The van der Waals surface area contributed by atoms with Gasteiger partial charge < -0.3 is 16.2 Å². The van der Waals surface area contributed by atoms with Crippen LogP contribution in [0.2, 0.25) is 0 Å². The molecule has 0 spiro atoms. The van der Waals surface area contributed by atoms with Gasteiger partial charge in [-0.3, -0.25) is 4.79 Å². The molecule has 4 heteroatoms. The van der Waals surface area contributed by atoms with Crippen LogP contribution < -0.4 is 11.1 Å². The molecule has 1 aliphatic rings. The molecule has 4 N–H and O–H groups in total. The van der Waals surface area contributed by atoms with Crippen LogP contribution in [-0.4, -0.2) is 22.6 Å². The van der Waals surface area contributed by atoms with Crippen LogP contribution in [-0.2, 0) is 11.2 Å². The number of rotatable bonds is 6. The largest absolute Gasteiger partial charge is 0.508 e. The Hall–Kier alpha value is -1.55. The molecule has 20 heavy (non-hydrogen) atoms. The summed E-state index contributed by atoms with van der Waals surface area (Å²) in [6.07, 6.45) is 3.84. The predicted octanol–water partition coefficient (Wildman–Crippen LogP) is 1.96. The highest BCUT2D eigenvalue weighted by Gasteiger charge is 2.44. The minimum atomic E-state index is -0.729. The summed E-state index contributed by atoms with van der Waals surface area (Å²) < 4.78 is 0. The first-order chi connectivity index (χ1) is 9.39. The zero-order valence-electron chi connectivity index (χ0n) is 12.2. The number of phenolic OH excluding ortho intramolecular Hbond substituents is 1. The first-order valence-electron chi connectivity index (χ1n) is 7.27. The Labute approximate surface area is 120 Å². The van der Waals surface area contributed by atoms with Gasteiger partial charge in [-0.15, -0.1) is 0 Å². The molecule has 1 aliphatic carbocycles. The zero-order valence-corrected chi connectivity index (χ0v) is 12.2. The molecule has 0 aliphatic heterocycles. The first-order valence-corrected chi connectivity index (χ1v) is 7.27. The zero-order chi connectivity index (χ0) is 14.8. The van der Waals surface area contributed by atoms with Gasteiger partial charge in [-0.05, 0) is 63.1 Å². The highest BCUT2D eigenvalue weighted by molar-refractivity contribution is 5.86. The molecule has 1 fully saturated rings. The van der Waals surface area contributed by atoms with Crippen molar-refractivity contribution in [1.29, 1.82) is 0 Å². The van der Waals surface area contributed by atoms with Crippen LogP contribution in [0.15, 0.2) is 24.3 Å². The van der Waals surface area contributed by atoms with Crippen molar-refractivity contribution in [3.8, 4) is 5.75 Å². The van der Waals surface area contributed by atoms with E-state index in [0.29, 0.717) is 5.92 Å². The maximum absolute atomic E-state index is 12.1. The molecule has 1 aromatic carbocycles. The van der Waals surface area contributed by atoms with E-state index in [-0.39, 0.29) is 17.7 Å². The van der Waals surface area contributed by atoms with Crippen LogP contribution in [0.4, 0.5) is 0 Å². The van der Waals surface area contributed by atoms with Gasteiger partial charge in [0.15, 0.2) is 0 Å². The molecule has 1 amide bonds. The molecule has 0 heterocycles. The second kappa shape index (κ2) is 5.83. The Morgan fingerprint density at radius 1 is 1.45 bits per heavy atom. The van der Waals surface area contributed by atoms with Gasteiger partial charge in [-0.2, -0.15) is 0 Å². The summed E-state index contributed by atoms with van der Waals surface area (Å²) in [5, 5.41) is 12.2. The van der Waals surface area contributed by atoms with Gasteiger partial charge in [0, 0.05) is 6.04 Å². The van der Waals surface area contributed by atoms with Crippen molar-refractivity contribution in [2.45, 2.75) is 51.1 Å². The lowest BCUT2D eigenvalue weighted by atomic mass is 9.95. The fraction of sp³-hybridized carbons (Fsp3) is 0.562. The Kier molecular flexibility index (Phi) is 4.33. The summed E-state index contributed by atoms with van der Waals surface area (Å²) in [4.78, 5) is 12.1. The Balaban J connectivity index is 1.78. The number of aryl methyl sites for hydroxylation is 1. The van der Waals surface area contributed by atoms with Gasteiger partial charge >= 0.3 is 0 Å².